The van der Waals surface area contributed by atoms with Crippen LogP contribution in [-0.2, 0) is 10.0 Å². The minimum absolute atomic E-state index is 0.0707. The monoisotopic (exact) mass is 291 g/mol. The first-order chi connectivity index (χ1) is 6.97. The third kappa shape index (κ3) is 2.70. The van der Waals surface area contributed by atoms with Crippen LogP contribution in [0.3, 0.4) is 0 Å². The van der Waals surface area contributed by atoms with E-state index < -0.39 is 10.0 Å². The molecule has 0 bridgehead atoms. The van der Waals surface area contributed by atoms with Crippen molar-refractivity contribution in [2.45, 2.75) is 23.8 Å². The van der Waals surface area contributed by atoms with Crippen molar-refractivity contribution in [3.8, 4) is 5.75 Å². The van der Waals surface area contributed by atoms with E-state index in [9.17, 15) is 8.42 Å². The third-order valence-corrected chi connectivity index (χ3v) is 3.62. The Morgan fingerprint density at radius 2 is 2.07 bits per heavy atom. The van der Waals surface area contributed by atoms with Gasteiger partial charge in [-0.2, -0.15) is 0 Å². The molecule has 1 aliphatic rings. The molecule has 15 heavy (non-hydrogen) atoms. The maximum absolute atomic E-state index is 11.1. The lowest BCUT2D eigenvalue weighted by Gasteiger charge is -2.08. The number of nitrogens with two attached hydrogens (primary N) is 1. The Morgan fingerprint density at radius 1 is 1.40 bits per heavy atom. The molecule has 1 saturated carbocycles. The van der Waals surface area contributed by atoms with E-state index in [-0.39, 0.29) is 11.0 Å². The second kappa shape index (κ2) is 3.77. The van der Waals surface area contributed by atoms with Gasteiger partial charge in [0.1, 0.15) is 5.75 Å². The second-order valence-corrected chi connectivity index (χ2v) is 5.87. The second-order valence-electron chi connectivity index (χ2n) is 3.45. The van der Waals surface area contributed by atoms with Crippen LogP contribution in [-0.4, -0.2) is 14.5 Å². The highest BCUT2D eigenvalue weighted by atomic mass is 79.9. The molecule has 0 heterocycles. The fraction of sp³-hybridized carbons (Fsp3) is 0.333. The Balaban J connectivity index is 2.35. The van der Waals surface area contributed by atoms with Crippen LogP contribution in [0.1, 0.15) is 12.8 Å². The minimum Gasteiger partial charge on any atom is -0.489 e. The average Bonchev–Trinajstić information content (AvgIpc) is 2.90. The molecule has 1 fully saturated rings. The summed E-state index contributed by atoms with van der Waals surface area (Å²) in [6, 6.07) is 4.51. The molecule has 0 aliphatic heterocycles. The van der Waals surface area contributed by atoms with E-state index in [0.29, 0.717) is 5.75 Å². The normalized spacial score (nSPS) is 16.4. The number of hydrogen-bond acceptors (Lipinski definition) is 3. The molecule has 0 unspecified atom stereocenters. The fourth-order valence-electron chi connectivity index (χ4n) is 1.12. The molecule has 0 saturated heterocycles. The van der Waals surface area contributed by atoms with Gasteiger partial charge in [0, 0.05) is 6.07 Å². The van der Waals surface area contributed by atoms with E-state index in [4.69, 9.17) is 9.88 Å². The average molecular weight is 292 g/mol. The maximum Gasteiger partial charge on any atom is 0.238 e. The van der Waals surface area contributed by atoms with E-state index in [1.165, 1.54) is 12.1 Å². The van der Waals surface area contributed by atoms with Crippen LogP contribution in [0.25, 0.3) is 0 Å². The molecule has 0 amide bonds. The highest BCUT2D eigenvalue weighted by molar-refractivity contribution is 9.10. The van der Waals surface area contributed by atoms with Crippen molar-refractivity contribution in [1.29, 1.82) is 0 Å². The van der Waals surface area contributed by atoms with Crippen molar-refractivity contribution in [3.05, 3.63) is 22.7 Å². The molecular formula is C9H10BrNO3S. The molecule has 1 aliphatic carbocycles. The topological polar surface area (TPSA) is 69.4 Å². The molecule has 0 aromatic heterocycles. The van der Waals surface area contributed by atoms with Crippen molar-refractivity contribution in [2.24, 2.45) is 5.14 Å². The number of hydrogen-bond donors (Lipinski definition) is 1. The van der Waals surface area contributed by atoms with E-state index in [0.717, 1.165) is 17.3 Å². The van der Waals surface area contributed by atoms with Gasteiger partial charge < -0.3 is 4.74 Å². The summed E-state index contributed by atoms with van der Waals surface area (Å²) in [6.07, 6.45) is 2.26. The Morgan fingerprint density at radius 3 is 2.60 bits per heavy atom. The summed E-state index contributed by atoms with van der Waals surface area (Å²) in [6.45, 7) is 0. The molecule has 2 rings (SSSR count). The van der Waals surface area contributed by atoms with E-state index in [2.05, 4.69) is 15.9 Å². The van der Waals surface area contributed by atoms with Gasteiger partial charge in [0.25, 0.3) is 0 Å². The molecular weight excluding hydrogens is 282 g/mol. The quantitative estimate of drug-likeness (QED) is 0.920. The van der Waals surface area contributed by atoms with Crippen LogP contribution < -0.4 is 9.88 Å². The van der Waals surface area contributed by atoms with Crippen LogP contribution in [0.15, 0.2) is 27.6 Å². The summed E-state index contributed by atoms with van der Waals surface area (Å²) in [5, 5.41) is 5.02. The molecule has 1 aromatic carbocycles. The highest BCUT2D eigenvalue weighted by Gasteiger charge is 2.25. The largest absolute Gasteiger partial charge is 0.489 e. The zero-order chi connectivity index (χ0) is 11.1. The third-order valence-electron chi connectivity index (χ3n) is 2.05. The van der Waals surface area contributed by atoms with E-state index in [1.54, 1.807) is 6.07 Å². The Hall–Kier alpha value is -0.590. The van der Waals surface area contributed by atoms with Gasteiger partial charge in [-0.05, 0) is 40.9 Å². The van der Waals surface area contributed by atoms with Crippen molar-refractivity contribution in [1.82, 2.24) is 0 Å². The molecule has 82 valence electrons. The van der Waals surface area contributed by atoms with Gasteiger partial charge >= 0.3 is 0 Å². The Labute approximate surface area is 96.6 Å². The van der Waals surface area contributed by atoms with Gasteiger partial charge in [0.15, 0.2) is 0 Å². The molecule has 1 aromatic rings. The molecule has 0 spiro atoms. The lowest BCUT2D eigenvalue weighted by molar-refractivity contribution is 0.300. The summed E-state index contributed by atoms with van der Waals surface area (Å²) in [5.41, 5.74) is 0. The van der Waals surface area contributed by atoms with E-state index in [1.807, 2.05) is 0 Å². The van der Waals surface area contributed by atoms with Crippen molar-refractivity contribution >= 4 is 26.0 Å². The van der Waals surface area contributed by atoms with E-state index >= 15 is 0 Å². The first-order valence-electron chi connectivity index (χ1n) is 4.46. The summed E-state index contributed by atoms with van der Waals surface area (Å²) < 4.78 is 28.5. The zero-order valence-electron chi connectivity index (χ0n) is 7.81. The lowest BCUT2D eigenvalue weighted by atomic mass is 10.3. The van der Waals surface area contributed by atoms with Gasteiger partial charge in [-0.3, -0.25) is 0 Å². The number of ether oxygens (including phenoxy) is 1. The number of benzene rings is 1. The van der Waals surface area contributed by atoms with Gasteiger partial charge in [-0.1, -0.05) is 0 Å². The van der Waals surface area contributed by atoms with Crippen molar-refractivity contribution in [3.63, 3.8) is 0 Å². The first kappa shape index (κ1) is 10.9. The zero-order valence-corrected chi connectivity index (χ0v) is 10.2. The molecule has 4 nitrogen and oxygen atoms in total. The first-order valence-corrected chi connectivity index (χ1v) is 6.80. The maximum atomic E-state index is 11.1. The van der Waals surface area contributed by atoms with Crippen LogP contribution in [0.2, 0.25) is 0 Å². The fourth-order valence-corrected chi connectivity index (χ4v) is 1.99. The molecule has 6 heteroatoms. The van der Waals surface area contributed by atoms with Gasteiger partial charge in [0.05, 0.1) is 15.5 Å². The number of rotatable bonds is 3. The predicted molar refractivity (Wildman–Crippen MR) is 59.2 cm³/mol. The van der Waals surface area contributed by atoms with Crippen LogP contribution in [0, 0.1) is 0 Å². The Kier molecular flexibility index (Phi) is 2.74. The Bertz CT molecular complexity index is 482. The lowest BCUT2D eigenvalue weighted by Crippen LogP contribution is -2.12. The standard InChI is InChI=1S/C9H10BrNO3S/c10-8-4-3-7(15(11,12)13)5-9(8)14-6-1-2-6/h3-6H,1-2H2,(H2,11,12,13). The SMILES string of the molecule is NS(=O)(=O)c1ccc(Br)c(OC2CC2)c1. The molecule has 0 radical (unpaired) electrons. The molecule has 2 N–H and O–H groups in total. The van der Waals surface area contributed by atoms with Gasteiger partial charge in [-0.15, -0.1) is 0 Å². The predicted octanol–water partition coefficient (Wildman–Crippen LogP) is 1.64. The summed E-state index contributed by atoms with van der Waals surface area (Å²) >= 11 is 3.29. The summed E-state index contributed by atoms with van der Waals surface area (Å²) in [4.78, 5) is 0.0707. The van der Waals surface area contributed by atoms with Crippen molar-refractivity contribution in [2.75, 3.05) is 0 Å². The van der Waals surface area contributed by atoms with Gasteiger partial charge in [0.2, 0.25) is 10.0 Å². The van der Waals surface area contributed by atoms with Gasteiger partial charge in [-0.25, -0.2) is 13.6 Å². The molecule has 0 atom stereocenters. The number of sulfonamides is 1. The number of primary sulfonamides is 1. The van der Waals surface area contributed by atoms with Crippen LogP contribution >= 0.6 is 15.9 Å². The smallest absolute Gasteiger partial charge is 0.238 e. The van der Waals surface area contributed by atoms with Crippen molar-refractivity contribution < 1.29 is 13.2 Å². The summed E-state index contributed by atoms with van der Waals surface area (Å²) in [7, 11) is -3.66. The summed E-state index contributed by atoms with van der Waals surface area (Å²) in [5.74, 6) is 0.532. The minimum atomic E-state index is -3.66. The van der Waals surface area contributed by atoms with Crippen LogP contribution in [0.5, 0.6) is 5.75 Å². The van der Waals surface area contributed by atoms with Crippen LogP contribution in [0.4, 0.5) is 0 Å². The number of halogens is 1. The highest BCUT2D eigenvalue weighted by Crippen LogP contribution is 2.33.